The van der Waals surface area contributed by atoms with Gasteiger partial charge in [0.1, 0.15) is 0 Å². The van der Waals surface area contributed by atoms with E-state index in [-0.39, 0.29) is 29.3 Å². The molecule has 0 N–H and O–H groups in total. The molecule has 1 saturated heterocycles. The third kappa shape index (κ3) is 3.50. The summed E-state index contributed by atoms with van der Waals surface area (Å²) in [4.78, 5) is 0. The molecule has 3 unspecified atom stereocenters. The summed E-state index contributed by atoms with van der Waals surface area (Å²) in [6.45, 7) is 9.89. The van der Waals surface area contributed by atoms with E-state index in [4.69, 9.17) is 18.9 Å². The summed E-state index contributed by atoms with van der Waals surface area (Å²) in [5.41, 5.74) is 0.870. The van der Waals surface area contributed by atoms with Crippen molar-refractivity contribution in [3.05, 3.63) is 11.6 Å². The normalized spacial score (nSPS) is 35.8. The highest BCUT2D eigenvalue weighted by Crippen LogP contribution is 2.52. The molecule has 1 aliphatic carbocycles. The van der Waals surface area contributed by atoms with Gasteiger partial charge in [-0.1, -0.05) is 11.6 Å². The van der Waals surface area contributed by atoms with Crippen molar-refractivity contribution >= 4 is 0 Å². The summed E-state index contributed by atoms with van der Waals surface area (Å²) < 4.78 is 23.5. The first-order chi connectivity index (χ1) is 9.86. The molecule has 4 nitrogen and oxygen atoms in total. The second-order valence-electron chi connectivity index (χ2n) is 7.04. The maximum absolute atomic E-state index is 6.19. The maximum Gasteiger partial charge on any atom is 0.0998 e. The van der Waals surface area contributed by atoms with Crippen LogP contribution in [0.4, 0.5) is 0 Å². The van der Waals surface area contributed by atoms with Crippen LogP contribution in [-0.4, -0.2) is 50.8 Å². The molecule has 0 aromatic carbocycles. The van der Waals surface area contributed by atoms with Crippen molar-refractivity contribution in [3.63, 3.8) is 0 Å². The topological polar surface area (TPSA) is 40.2 Å². The zero-order valence-electron chi connectivity index (χ0n) is 14.3. The lowest BCUT2D eigenvalue weighted by Gasteiger charge is -2.47. The van der Waals surface area contributed by atoms with E-state index in [1.807, 2.05) is 0 Å². The van der Waals surface area contributed by atoms with Crippen LogP contribution in [-0.2, 0) is 18.9 Å². The van der Waals surface area contributed by atoms with Crippen molar-refractivity contribution in [2.45, 2.75) is 63.9 Å². The minimum Gasteiger partial charge on any atom is -0.379 e. The highest BCUT2D eigenvalue weighted by molar-refractivity contribution is 5.12. The van der Waals surface area contributed by atoms with Crippen molar-refractivity contribution in [1.82, 2.24) is 0 Å². The lowest BCUT2D eigenvalue weighted by Crippen LogP contribution is -2.58. The summed E-state index contributed by atoms with van der Waals surface area (Å²) in [7, 11) is 3.52. The van der Waals surface area contributed by atoms with E-state index in [1.165, 1.54) is 5.57 Å². The van der Waals surface area contributed by atoms with Gasteiger partial charge in [-0.25, -0.2) is 0 Å². The van der Waals surface area contributed by atoms with Gasteiger partial charge in [0, 0.05) is 20.1 Å². The predicted octanol–water partition coefficient (Wildman–Crippen LogP) is 2.96. The van der Waals surface area contributed by atoms with Crippen LogP contribution in [0.2, 0.25) is 0 Å². The minimum absolute atomic E-state index is 0.00736. The molecule has 0 aromatic heterocycles. The number of hydrogen-bond acceptors (Lipinski definition) is 4. The lowest BCUT2D eigenvalue weighted by molar-refractivity contribution is -0.178. The van der Waals surface area contributed by atoms with Crippen molar-refractivity contribution in [1.29, 1.82) is 0 Å². The quantitative estimate of drug-likeness (QED) is 0.558. The van der Waals surface area contributed by atoms with Gasteiger partial charge in [-0.2, -0.15) is 0 Å². The van der Waals surface area contributed by atoms with Gasteiger partial charge in [0.25, 0.3) is 0 Å². The molecule has 122 valence electrons. The number of methoxy groups -OCH3 is 2. The molecule has 4 atom stereocenters. The molecule has 1 aliphatic heterocycles. The van der Waals surface area contributed by atoms with Gasteiger partial charge in [-0.3, -0.25) is 0 Å². The second kappa shape index (κ2) is 6.37. The average Bonchev–Trinajstić information content (AvgIpc) is 3.17. The van der Waals surface area contributed by atoms with E-state index in [2.05, 4.69) is 33.8 Å². The molecule has 0 bridgehead atoms. The van der Waals surface area contributed by atoms with Crippen LogP contribution in [0.5, 0.6) is 0 Å². The molecule has 0 amide bonds. The highest BCUT2D eigenvalue weighted by Gasteiger charge is 2.63. The van der Waals surface area contributed by atoms with Crippen molar-refractivity contribution in [2.75, 3.05) is 27.4 Å². The third-order valence-electron chi connectivity index (χ3n) is 4.90. The Hall–Kier alpha value is -0.420. The number of ether oxygens (including phenoxy) is 4. The summed E-state index contributed by atoms with van der Waals surface area (Å²) >= 11 is 0. The Balaban J connectivity index is 2.17. The van der Waals surface area contributed by atoms with Gasteiger partial charge >= 0.3 is 0 Å². The standard InChI is InChI=1S/C17H30O4/c1-12(2)8-10-20-16(3,4)15-14(19-6)13(18-5)7-9-17(15)11-21-17/h8,13-15H,7,9-11H2,1-6H3/t13?,14?,15?,17-/m0/s1. The molecule has 1 saturated carbocycles. The van der Waals surface area contributed by atoms with Crippen molar-refractivity contribution < 1.29 is 18.9 Å². The lowest BCUT2D eigenvalue weighted by atomic mass is 9.68. The predicted molar refractivity (Wildman–Crippen MR) is 82.5 cm³/mol. The molecule has 2 aliphatic rings. The molecule has 1 spiro atoms. The van der Waals surface area contributed by atoms with Gasteiger partial charge in [-0.15, -0.1) is 0 Å². The third-order valence-corrected chi connectivity index (χ3v) is 4.90. The largest absolute Gasteiger partial charge is 0.379 e. The Morgan fingerprint density at radius 2 is 1.95 bits per heavy atom. The van der Waals surface area contributed by atoms with E-state index in [0.29, 0.717) is 6.61 Å². The van der Waals surface area contributed by atoms with E-state index in [0.717, 1.165) is 19.4 Å². The molecule has 2 fully saturated rings. The zero-order valence-corrected chi connectivity index (χ0v) is 14.3. The number of allylic oxidation sites excluding steroid dienone is 1. The maximum atomic E-state index is 6.19. The SMILES string of the molecule is COC1CC[C@]2(CO2)C(C(C)(C)OCC=C(C)C)C1OC. The number of hydrogen-bond donors (Lipinski definition) is 0. The van der Waals surface area contributed by atoms with Crippen LogP contribution in [0.1, 0.15) is 40.5 Å². The summed E-state index contributed by atoms with van der Waals surface area (Å²) in [6, 6.07) is 0. The van der Waals surface area contributed by atoms with Crippen LogP contribution in [0.25, 0.3) is 0 Å². The molecular formula is C17H30O4. The molecular weight excluding hydrogens is 268 g/mol. The van der Waals surface area contributed by atoms with Crippen LogP contribution >= 0.6 is 0 Å². The smallest absolute Gasteiger partial charge is 0.0998 e. The van der Waals surface area contributed by atoms with Crippen LogP contribution in [0, 0.1) is 5.92 Å². The van der Waals surface area contributed by atoms with Gasteiger partial charge in [0.2, 0.25) is 0 Å². The fourth-order valence-electron chi connectivity index (χ4n) is 3.72. The first-order valence-corrected chi connectivity index (χ1v) is 7.83. The zero-order chi connectivity index (χ0) is 15.7. The fourth-order valence-corrected chi connectivity index (χ4v) is 3.72. The summed E-state index contributed by atoms with van der Waals surface area (Å²) in [5, 5.41) is 0. The highest BCUT2D eigenvalue weighted by atomic mass is 16.6. The monoisotopic (exact) mass is 298 g/mol. The van der Waals surface area contributed by atoms with E-state index < -0.39 is 0 Å². The first-order valence-electron chi connectivity index (χ1n) is 7.83. The van der Waals surface area contributed by atoms with Gasteiger partial charge in [0.05, 0.1) is 36.6 Å². The van der Waals surface area contributed by atoms with Gasteiger partial charge in [-0.05, 0) is 40.5 Å². The van der Waals surface area contributed by atoms with Crippen molar-refractivity contribution in [3.8, 4) is 0 Å². The molecule has 2 rings (SSSR count). The molecule has 1 heterocycles. The second-order valence-corrected chi connectivity index (χ2v) is 7.04. The Morgan fingerprint density at radius 3 is 2.43 bits per heavy atom. The average molecular weight is 298 g/mol. The minimum atomic E-state index is -0.319. The van der Waals surface area contributed by atoms with Crippen LogP contribution in [0.15, 0.2) is 11.6 Å². The van der Waals surface area contributed by atoms with Gasteiger partial charge in [0.15, 0.2) is 0 Å². The Kier molecular flexibility index (Phi) is 5.14. The Morgan fingerprint density at radius 1 is 1.29 bits per heavy atom. The molecule has 4 heteroatoms. The van der Waals surface area contributed by atoms with E-state index >= 15 is 0 Å². The van der Waals surface area contributed by atoms with Gasteiger partial charge < -0.3 is 18.9 Å². The van der Waals surface area contributed by atoms with Crippen molar-refractivity contribution in [2.24, 2.45) is 5.92 Å². The van der Waals surface area contributed by atoms with E-state index in [1.54, 1.807) is 14.2 Å². The summed E-state index contributed by atoms with van der Waals surface area (Å²) in [5.74, 6) is 0.180. The first kappa shape index (κ1) is 16.9. The van der Waals surface area contributed by atoms with Crippen LogP contribution in [0.3, 0.4) is 0 Å². The Bertz CT molecular complexity index is 380. The van der Waals surface area contributed by atoms with Crippen LogP contribution < -0.4 is 0 Å². The molecule has 21 heavy (non-hydrogen) atoms. The molecule has 0 radical (unpaired) electrons. The Labute approximate surface area is 128 Å². The molecule has 0 aromatic rings. The van der Waals surface area contributed by atoms with E-state index in [9.17, 15) is 0 Å². The number of epoxide rings is 1. The fraction of sp³-hybridized carbons (Fsp3) is 0.882. The number of rotatable bonds is 6. The summed E-state index contributed by atoms with van der Waals surface area (Å²) in [6.07, 6.45) is 4.23.